The molecule has 0 spiro atoms. The second-order valence-electron chi connectivity index (χ2n) is 10.1. The maximum absolute atomic E-state index is 13.5. The number of anilines is 1. The minimum absolute atomic E-state index is 0.0281. The largest absolute Gasteiger partial charge is 0.493 e. The van der Waals surface area contributed by atoms with Gasteiger partial charge in [-0.2, -0.15) is 13.2 Å². The van der Waals surface area contributed by atoms with Gasteiger partial charge in [0, 0.05) is 41.7 Å². The summed E-state index contributed by atoms with van der Waals surface area (Å²) in [5.41, 5.74) is 0.699. The fourth-order valence-electron chi connectivity index (χ4n) is 4.96. The van der Waals surface area contributed by atoms with Gasteiger partial charge in [-0.25, -0.2) is 0 Å². The number of benzene rings is 2. The molecule has 9 nitrogen and oxygen atoms in total. The molecule has 230 valence electrons. The van der Waals surface area contributed by atoms with Crippen molar-refractivity contribution in [2.75, 3.05) is 19.0 Å². The average molecular weight is 620 g/mol. The van der Waals surface area contributed by atoms with Crippen LogP contribution in [0.4, 0.5) is 18.9 Å². The Bertz CT molecular complexity index is 1450. The number of carbonyl (C=O) groups excluding carboxylic acids is 2. The first kappa shape index (κ1) is 31.9. The van der Waals surface area contributed by atoms with E-state index in [1.54, 1.807) is 48.5 Å². The highest BCUT2D eigenvalue weighted by Gasteiger charge is 2.34. The van der Waals surface area contributed by atoms with Crippen molar-refractivity contribution in [2.24, 2.45) is 5.92 Å². The number of nitrogens with one attached hydrogen (secondary N) is 3. The van der Waals surface area contributed by atoms with Crippen LogP contribution in [0.25, 0.3) is 11.5 Å². The Morgan fingerprint density at radius 1 is 1.12 bits per heavy atom. The number of para-hydroxylation sites is 1. The summed E-state index contributed by atoms with van der Waals surface area (Å²) in [6.07, 6.45) is -3.87. The number of amides is 2. The van der Waals surface area contributed by atoms with Gasteiger partial charge < -0.3 is 25.1 Å². The topological polar surface area (TPSA) is 118 Å². The zero-order chi connectivity index (χ0) is 31.0. The molecule has 43 heavy (non-hydrogen) atoms. The van der Waals surface area contributed by atoms with E-state index in [4.69, 9.17) is 20.8 Å². The Labute approximate surface area is 252 Å². The lowest BCUT2D eigenvalue weighted by Gasteiger charge is -2.27. The van der Waals surface area contributed by atoms with Gasteiger partial charge in [0.05, 0.1) is 12.2 Å². The van der Waals surface area contributed by atoms with Crippen LogP contribution < -0.4 is 20.7 Å². The number of aromatic nitrogens is 2. The van der Waals surface area contributed by atoms with E-state index >= 15 is 0 Å². The van der Waals surface area contributed by atoms with E-state index < -0.39 is 36.8 Å². The van der Waals surface area contributed by atoms with Crippen LogP contribution in [-0.4, -0.2) is 41.8 Å². The molecule has 1 heterocycles. The van der Waals surface area contributed by atoms with Crippen molar-refractivity contribution >= 4 is 29.1 Å². The highest BCUT2D eigenvalue weighted by Crippen LogP contribution is 2.38. The maximum Gasteiger partial charge on any atom is 0.389 e. The number of allylic oxidation sites excluding steroid dienone is 1. The van der Waals surface area contributed by atoms with Gasteiger partial charge in [-0.05, 0) is 62.9 Å². The van der Waals surface area contributed by atoms with E-state index in [-0.39, 0.29) is 23.2 Å². The van der Waals surface area contributed by atoms with E-state index in [1.807, 2.05) is 6.92 Å². The van der Waals surface area contributed by atoms with Crippen LogP contribution in [0.3, 0.4) is 0 Å². The monoisotopic (exact) mass is 619 g/mol. The minimum Gasteiger partial charge on any atom is -0.493 e. The lowest BCUT2D eigenvalue weighted by Crippen LogP contribution is -2.39. The third-order valence-corrected chi connectivity index (χ3v) is 7.31. The molecule has 1 fully saturated rings. The number of hydrogen-bond acceptors (Lipinski definition) is 7. The molecule has 0 saturated heterocycles. The minimum atomic E-state index is -4.44. The number of ether oxygens (including phenoxy) is 1. The van der Waals surface area contributed by atoms with Crippen molar-refractivity contribution < 1.29 is 31.9 Å². The average Bonchev–Trinajstić information content (AvgIpc) is 3.48. The van der Waals surface area contributed by atoms with Crippen molar-refractivity contribution in [3.63, 3.8) is 0 Å². The maximum atomic E-state index is 13.5. The molecule has 0 aliphatic heterocycles. The summed E-state index contributed by atoms with van der Waals surface area (Å²) in [5.74, 6) is -0.851. The molecule has 1 aliphatic rings. The van der Waals surface area contributed by atoms with Crippen LogP contribution in [0.5, 0.6) is 5.75 Å². The van der Waals surface area contributed by atoms with Crippen molar-refractivity contribution in [3.8, 4) is 17.2 Å². The molecule has 1 aliphatic carbocycles. The Kier molecular flexibility index (Phi) is 10.7. The predicted molar refractivity (Wildman–Crippen MR) is 155 cm³/mol. The van der Waals surface area contributed by atoms with Crippen LogP contribution in [-0.2, 0) is 9.59 Å². The quantitative estimate of drug-likeness (QED) is 0.207. The second kappa shape index (κ2) is 14.4. The molecule has 2 aromatic carbocycles. The number of carbonyl (C=O) groups is 2. The molecule has 0 unspecified atom stereocenters. The fraction of sp³-hybridized carbons (Fsp3) is 0.400. The van der Waals surface area contributed by atoms with E-state index in [2.05, 4.69) is 26.1 Å². The van der Waals surface area contributed by atoms with Gasteiger partial charge in [-0.3, -0.25) is 9.59 Å². The van der Waals surface area contributed by atoms with Crippen molar-refractivity contribution in [2.45, 2.75) is 57.5 Å². The molecular formula is C30H33ClF3N5O4. The fourth-order valence-corrected chi connectivity index (χ4v) is 5.13. The molecule has 2 atom stereocenters. The van der Waals surface area contributed by atoms with E-state index in [0.29, 0.717) is 60.2 Å². The van der Waals surface area contributed by atoms with Crippen molar-refractivity contribution in [1.29, 1.82) is 0 Å². The molecule has 3 N–H and O–H groups in total. The molecule has 0 bridgehead atoms. The van der Waals surface area contributed by atoms with Gasteiger partial charge in [-0.15, -0.1) is 10.2 Å². The van der Waals surface area contributed by atoms with Crippen LogP contribution in [0.1, 0.15) is 57.3 Å². The summed E-state index contributed by atoms with van der Waals surface area (Å²) in [6, 6.07) is 13.5. The normalized spacial score (nSPS) is 17.5. The summed E-state index contributed by atoms with van der Waals surface area (Å²) in [4.78, 5) is 26.7. The van der Waals surface area contributed by atoms with E-state index in [9.17, 15) is 22.8 Å². The number of halogens is 4. The second-order valence-corrected chi connectivity index (χ2v) is 10.5. The van der Waals surface area contributed by atoms with Gasteiger partial charge in [0.25, 0.3) is 11.8 Å². The van der Waals surface area contributed by atoms with E-state index in [1.165, 1.54) is 7.05 Å². The highest BCUT2D eigenvalue weighted by atomic mass is 35.5. The first-order chi connectivity index (χ1) is 20.6. The molecule has 1 saturated carbocycles. The lowest BCUT2D eigenvalue weighted by atomic mass is 9.81. The van der Waals surface area contributed by atoms with Gasteiger partial charge in [-0.1, -0.05) is 36.2 Å². The smallest absolute Gasteiger partial charge is 0.389 e. The van der Waals surface area contributed by atoms with Crippen molar-refractivity contribution in [3.05, 3.63) is 70.8 Å². The van der Waals surface area contributed by atoms with Crippen LogP contribution in [0.15, 0.2) is 64.3 Å². The summed E-state index contributed by atoms with van der Waals surface area (Å²) in [7, 11) is 1.41. The number of hydrogen-bond donors (Lipinski definition) is 3. The number of rotatable bonds is 11. The number of nitrogens with zero attached hydrogens (tertiary/aromatic N) is 2. The molecule has 0 radical (unpaired) electrons. The Morgan fingerprint density at radius 2 is 1.88 bits per heavy atom. The van der Waals surface area contributed by atoms with Gasteiger partial charge in [0.15, 0.2) is 0 Å². The summed E-state index contributed by atoms with van der Waals surface area (Å²) in [6.45, 7) is 2.28. The molecule has 2 amide bonds. The number of alkyl halides is 3. The predicted octanol–water partition coefficient (Wildman–Crippen LogP) is 6.59. The Hall–Kier alpha value is -4.06. The first-order valence-corrected chi connectivity index (χ1v) is 14.4. The zero-order valence-corrected chi connectivity index (χ0v) is 24.5. The van der Waals surface area contributed by atoms with Crippen LogP contribution in [0, 0.1) is 5.92 Å². The summed E-state index contributed by atoms with van der Waals surface area (Å²) >= 11 is 6.18. The zero-order valence-electron chi connectivity index (χ0n) is 23.8. The van der Waals surface area contributed by atoms with Gasteiger partial charge in [0.1, 0.15) is 11.4 Å². The molecule has 4 rings (SSSR count). The third kappa shape index (κ3) is 8.73. The summed E-state index contributed by atoms with van der Waals surface area (Å²) in [5, 5.41) is 16.8. The van der Waals surface area contributed by atoms with Crippen LogP contribution >= 0.6 is 11.6 Å². The molecular weight excluding hydrogens is 587 g/mol. The third-order valence-electron chi connectivity index (χ3n) is 7.08. The lowest BCUT2D eigenvalue weighted by molar-refractivity contribution is -0.134. The first-order valence-electron chi connectivity index (χ1n) is 14.0. The summed E-state index contributed by atoms with van der Waals surface area (Å²) < 4.78 is 50.8. The van der Waals surface area contributed by atoms with Crippen LogP contribution in [0.2, 0.25) is 5.02 Å². The highest BCUT2D eigenvalue weighted by molar-refractivity contribution is 6.30. The van der Waals surface area contributed by atoms with Gasteiger partial charge in [0.2, 0.25) is 11.8 Å². The molecule has 1 aromatic heterocycles. The SMILES string of the molecule is CCOc1ccc(Cl)cc1-c1nnc([C@H]2CCC[C@@H](C(=O)N/C(C(=O)Nc3ccccc3)=C(\CCC(F)(F)F)NC)C2)o1. The Morgan fingerprint density at radius 3 is 2.58 bits per heavy atom. The van der Waals surface area contributed by atoms with Crippen molar-refractivity contribution in [1.82, 2.24) is 20.8 Å². The Balaban J connectivity index is 1.52. The molecule has 13 heteroatoms. The molecule has 3 aromatic rings. The van der Waals surface area contributed by atoms with E-state index in [0.717, 1.165) is 0 Å². The van der Waals surface area contributed by atoms with Gasteiger partial charge >= 0.3 is 6.18 Å². The standard InChI is InChI=1S/C30H33ClF3N5O4/c1-3-42-24-13-12-20(31)17-22(24)29-39-38-28(43-29)19-9-7-8-18(16-19)26(40)37-25(23(35-2)14-15-30(32,33)34)27(41)36-21-10-5-4-6-11-21/h4-6,10-13,17-19,35H,3,7-9,14-16H2,1-2H3,(H,36,41)(H,37,40)/b25-23+/t18-,19+/m1/s1.